The Morgan fingerprint density at radius 3 is 3.00 bits per heavy atom. The minimum atomic E-state index is 0.119. The van der Waals surface area contributed by atoms with E-state index >= 15 is 0 Å². The van der Waals surface area contributed by atoms with Gasteiger partial charge in [-0.3, -0.25) is 14.6 Å². The molecule has 2 saturated heterocycles. The maximum atomic E-state index is 6.12. The summed E-state index contributed by atoms with van der Waals surface area (Å²) in [6, 6.07) is 4.02. The van der Waals surface area contributed by atoms with Gasteiger partial charge in [-0.05, 0) is 30.5 Å². The molecule has 0 unspecified atom stereocenters. The molecule has 0 aliphatic carbocycles. The molecule has 6 heteroatoms. The Morgan fingerprint density at radius 2 is 2.20 bits per heavy atom. The number of rotatable bonds is 6. The summed E-state index contributed by atoms with van der Waals surface area (Å²) < 4.78 is 14.0. The van der Waals surface area contributed by atoms with Gasteiger partial charge in [0, 0.05) is 62.9 Å². The highest BCUT2D eigenvalue weighted by molar-refractivity contribution is 5.08. The van der Waals surface area contributed by atoms with E-state index in [0.29, 0.717) is 12.7 Å². The highest BCUT2D eigenvalue weighted by Gasteiger charge is 2.48. The van der Waals surface area contributed by atoms with Gasteiger partial charge in [0.25, 0.3) is 0 Å². The largest absolute Gasteiger partial charge is 0.377 e. The van der Waals surface area contributed by atoms with Crippen LogP contribution in [-0.2, 0) is 29.7 Å². The lowest BCUT2D eigenvalue weighted by atomic mass is 9.77. The molecule has 4 heterocycles. The smallest absolute Gasteiger partial charge is 0.0718 e. The second-order valence-corrected chi connectivity index (χ2v) is 7.34. The lowest BCUT2D eigenvalue weighted by molar-refractivity contribution is -0.0685. The summed E-state index contributed by atoms with van der Waals surface area (Å²) in [5, 5.41) is 4.28. The molecule has 2 atom stereocenters. The molecule has 0 saturated carbocycles. The zero-order valence-corrected chi connectivity index (χ0v) is 14.8. The summed E-state index contributed by atoms with van der Waals surface area (Å²) >= 11 is 0. The number of nitrogens with zero attached hydrogens (tertiary/aromatic N) is 4. The van der Waals surface area contributed by atoms with E-state index in [1.54, 1.807) is 0 Å². The fourth-order valence-corrected chi connectivity index (χ4v) is 4.15. The van der Waals surface area contributed by atoms with E-state index in [2.05, 4.69) is 21.2 Å². The normalized spacial score (nSPS) is 26.7. The van der Waals surface area contributed by atoms with Gasteiger partial charge in [-0.25, -0.2) is 0 Å². The van der Waals surface area contributed by atoms with Crippen LogP contribution in [0.15, 0.2) is 36.9 Å². The third-order valence-corrected chi connectivity index (χ3v) is 5.42. The average molecular weight is 342 g/mol. The molecule has 0 bridgehead atoms. The molecular weight excluding hydrogens is 316 g/mol. The zero-order valence-electron chi connectivity index (χ0n) is 14.8. The standard InChI is InChI=1S/C19H26N4O2/c1-22-11-17(10-21-22)12-23-8-4-18-19(14-23,5-9-25-18)15-24-13-16-2-6-20-7-3-16/h2-3,6-7,10-11,18H,4-5,8-9,12-15H2,1H3/t18-,19+/m1/s1. The van der Waals surface area contributed by atoms with Crippen LogP contribution in [0, 0.1) is 5.41 Å². The molecule has 2 aliphatic rings. The highest BCUT2D eigenvalue weighted by atomic mass is 16.5. The predicted molar refractivity (Wildman–Crippen MR) is 93.8 cm³/mol. The molecule has 0 aromatic carbocycles. The summed E-state index contributed by atoms with van der Waals surface area (Å²) in [6.07, 6.45) is 10.2. The van der Waals surface area contributed by atoms with Gasteiger partial charge in [-0.15, -0.1) is 0 Å². The van der Waals surface area contributed by atoms with Crippen molar-refractivity contribution in [1.82, 2.24) is 19.7 Å². The van der Waals surface area contributed by atoms with Gasteiger partial charge in [0.2, 0.25) is 0 Å². The Morgan fingerprint density at radius 1 is 1.32 bits per heavy atom. The van der Waals surface area contributed by atoms with Crippen molar-refractivity contribution in [2.45, 2.75) is 32.1 Å². The lowest BCUT2D eigenvalue weighted by Crippen LogP contribution is -2.51. The van der Waals surface area contributed by atoms with Crippen LogP contribution in [0.4, 0.5) is 0 Å². The molecule has 0 N–H and O–H groups in total. The average Bonchev–Trinajstić information content (AvgIpc) is 3.22. The molecule has 4 rings (SSSR count). The van der Waals surface area contributed by atoms with Gasteiger partial charge in [0.15, 0.2) is 0 Å². The Labute approximate surface area is 148 Å². The Kier molecular flexibility index (Phi) is 4.83. The van der Waals surface area contributed by atoms with Gasteiger partial charge >= 0.3 is 0 Å². The first-order valence-electron chi connectivity index (χ1n) is 9.02. The summed E-state index contributed by atoms with van der Waals surface area (Å²) in [7, 11) is 1.97. The fraction of sp³-hybridized carbons (Fsp3) is 0.579. The van der Waals surface area contributed by atoms with E-state index in [4.69, 9.17) is 9.47 Å². The van der Waals surface area contributed by atoms with Crippen LogP contribution < -0.4 is 0 Å². The first kappa shape index (κ1) is 16.7. The van der Waals surface area contributed by atoms with Crippen molar-refractivity contribution in [2.75, 3.05) is 26.3 Å². The van der Waals surface area contributed by atoms with Crippen molar-refractivity contribution < 1.29 is 9.47 Å². The molecule has 134 valence electrons. The molecule has 0 spiro atoms. The number of ether oxygens (including phenoxy) is 2. The van der Waals surface area contributed by atoms with E-state index in [0.717, 1.165) is 45.7 Å². The van der Waals surface area contributed by atoms with Crippen molar-refractivity contribution in [3.8, 4) is 0 Å². The second kappa shape index (κ2) is 7.23. The van der Waals surface area contributed by atoms with Crippen LogP contribution in [0.1, 0.15) is 24.0 Å². The Hall–Kier alpha value is -1.76. The number of likely N-dealkylation sites (tertiary alicyclic amines) is 1. The monoisotopic (exact) mass is 342 g/mol. The van der Waals surface area contributed by atoms with Crippen molar-refractivity contribution in [3.05, 3.63) is 48.0 Å². The van der Waals surface area contributed by atoms with E-state index in [9.17, 15) is 0 Å². The first-order chi connectivity index (χ1) is 12.2. The minimum Gasteiger partial charge on any atom is -0.377 e. The van der Waals surface area contributed by atoms with Crippen molar-refractivity contribution in [1.29, 1.82) is 0 Å². The van der Waals surface area contributed by atoms with Crippen LogP contribution in [0.3, 0.4) is 0 Å². The molecule has 2 aliphatic heterocycles. The number of piperidine rings is 1. The van der Waals surface area contributed by atoms with Gasteiger partial charge in [-0.1, -0.05) is 0 Å². The molecule has 0 amide bonds. The molecule has 2 aromatic rings. The van der Waals surface area contributed by atoms with Crippen molar-refractivity contribution in [2.24, 2.45) is 12.5 Å². The van der Waals surface area contributed by atoms with Crippen LogP contribution in [-0.4, -0.2) is 52.1 Å². The molecule has 6 nitrogen and oxygen atoms in total. The maximum Gasteiger partial charge on any atom is 0.0718 e. The van der Waals surface area contributed by atoms with E-state index in [1.165, 1.54) is 11.1 Å². The van der Waals surface area contributed by atoms with Crippen molar-refractivity contribution >= 4 is 0 Å². The number of hydrogen-bond acceptors (Lipinski definition) is 5. The molecule has 2 fully saturated rings. The molecule has 25 heavy (non-hydrogen) atoms. The van der Waals surface area contributed by atoms with Gasteiger partial charge < -0.3 is 9.47 Å². The minimum absolute atomic E-state index is 0.119. The Bertz CT molecular complexity index is 690. The highest BCUT2D eigenvalue weighted by Crippen LogP contribution is 2.41. The number of hydrogen-bond donors (Lipinski definition) is 0. The number of aromatic nitrogens is 3. The van der Waals surface area contributed by atoms with E-state index in [1.807, 2.05) is 42.5 Å². The number of fused-ring (bicyclic) bond motifs is 1. The third kappa shape index (κ3) is 3.76. The van der Waals surface area contributed by atoms with Crippen LogP contribution in [0.2, 0.25) is 0 Å². The van der Waals surface area contributed by atoms with E-state index < -0.39 is 0 Å². The number of pyridine rings is 1. The lowest BCUT2D eigenvalue weighted by Gasteiger charge is -2.43. The second-order valence-electron chi connectivity index (χ2n) is 7.34. The fourth-order valence-electron chi connectivity index (χ4n) is 4.15. The van der Waals surface area contributed by atoms with Gasteiger partial charge in [0.1, 0.15) is 0 Å². The SMILES string of the molecule is Cn1cc(CN2CC[C@H]3OCC[C@@]3(COCc3ccncc3)C2)cn1. The van der Waals surface area contributed by atoms with Crippen LogP contribution in [0.25, 0.3) is 0 Å². The van der Waals surface area contributed by atoms with Crippen molar-refractivity contribution in [3.63, 3.8) is 0 Å². The Balaban J connectivity index is 1.38. The van der Waals surface area contributed by atoms with E-state index in [-0.39, 0.29) is 5.41 Å². The van der Waals surface area contributed by atoms with Crippen LogP contribution in [0.5, 0.6) is 0 Å². The first-order valence-corrected chi connectivity index (χ1v) is 9.02. The van der Waals surface area contributed by atoms with Gasteiger partial charge in [-0.2, -0.15) is 5.10 Å². The molecule has 0 radical (unpaired) electrons. The van der Waals surface area contributed by atoms with Crippen LogP contribution >= 0.6 is 0 Å². The molecular formula is C19H26N4O2. The summed E-state index contributed by atoms with van der Waals surface area (Å²) in [5.41, 5.74) is 2.56. The quantitative estimate of drug-likeness (QED) is 0.804. The summed E-state index contributed by atoms with van der Waals surface area (Å²) in [5.74, 6) is 0. The topological polar surface area (TPSA) is 52.4 Å². The summed E-state index contributed by atoms with van der Waals surface area (Å²) in [6.45, 7) is 5.30. The maximum absolute atomic E-state index is 6.12. The van der Waals surface area contributed by atoms with Gasteiger partial charge in [0.05, 0.1) is 25.5 Å². The molecule has 2 aromatic heterocycles. The number of aryl methyl sites for hydroxylation is 1. The summed E-state index contributed by atoms with van der Waals surface area (Å²) in [4.78, 5) is 6.58. The third-order valence-electron chi connectivity index (χ3n) is 5.42. The predicted octanol–water partition coefficient (Wildman–Crippen LogP) is 2.01. The zero-order chi connectivity index (χ0) is 17.1.